The molecule has 1 heterocycles. The average molecular weight is 269 g/mol. The molecule has 1 aliphatic carbocycles. The molecule has 0 fully saturated rings. The molecule has 0 aliphatic heterocycles. The summed E-state index contributed by atoms with van der Waals surface area (Å²) in [6.07, 6.45) is 3.09. The summed E-state index contributed by atoms with van der Waals surface area (Å²) in [5.74, 6) is -0.540. The first-order chi connectivity index (χ1) is 9.66. The molecule has 0 radical (unpaired) electrons. The van der Waals surface area contributed by atoms with Crippen LogP contribution < -0.4 is 11.1 Å². The summed E-state index contributed by atoms with van der Waals surface area (Å²) in [5, 5.41) is 13.4. The van der Waals surface area contributed by atoms with E-state index in [1.807, 2.05) is 24.3 Å². The summed E-state index contributed by atoms with van der Waals surface area (Å²) < 4.78 is 0. The number of hydrogen-bond donors (Lipinski definition) is 3. The molecule has 0 bridgehead atoms. The van der Waals surface area contributed by atoms with Crippen LogP contribution in [0.1, 0.15) is 27.5 Å². The van der Waals surface area contributed by atoms with E-state index >= 15 is 0 Å². The Kier molecular flexibility index (Phi) is 3.12. The minimum Gasteiger partial charge on any atom is -0.390 e. The number of nitrogens with one attached hydrogen (secondary N) is 1. The zero-order chi connectivity index (χ0) is 14.1. The maximum atomic E-state index is 11.4. The second-order valence-corrected chi connectivity index (χ2v) is 4.88. The van der Waals surface area contributed by atoms with Crippen molar-refractivity contribution in [1.29, 1.82) is 0 Å². The molecule has 0 saturated heterocycles. The van der Waals surface area contributed by atoms with E-state index in [0.717, 1.165) is 11.1 Å². The lowest BCUT2D eigenvalue weighted by Crippen LogP contribution is -2.23. The van der Waals surface area contributed by atoms with E-state index in [2.05, 4.69) is 10.3 Å². The van der Waals surface area contributed by atoms with Crippen molar-refractivity contribution in [3.05, 3.63) is 59.4 Å². The van der Waals surface area contributed by atoms with Gasteiger partial charge in [-0.2, -0.15) is 0 Å². The van der Waals surface area contributed by atoms with Crippen LogP contribution in [0.25, 0.3) is 0 Å². The molecule has 5 nitrogen and oxygen atoms in total. The van der Waals surface area contributed by atoms with Gasteiger partial charge in [-0.3, -0.25) is 9.78 Å². The topological polar surface area (TPSA) is 88.2 Å². The molecular weight excluding hydrogens is 254 g/mol. The van der Waals surface area contributed by atoms with Gasteiger partial charge in [0.25, 0.3) is 5.91 Å². The first-order valence-electron chi connectivity index (χ1n) is 6.43. The number of fused-ring (bicyclic) bond motifs is 1. The van der Waals surface area contributed by atoms with Crippen LogP contribution in [0, 0.1) is 0 Å². The Morgan fingerprint density at radius 3 is 2.95 bits per heavy atom. The number of amides is 1. The van der Waals surface area contributed by atoms with Crippen LogP contribution in [-0.4, -0.2) is 22.1 Å². The largest absolute Gasteiger partial charge is 0.390 e. The highest BCUT2D eigenvalue weighted by molar-refractivity contribution is 5.98. The van der Waals surface area contributed by atoms with Crippen LogP contribution in [-0.2, 0) is 6.42 Å². The van der Waals surface area contributed by atoms with Crippen LogP contribution in [0.2, 0.25) is 0 Å². The standard InChI is InChI=1S/C15H15N3O2/c16-15(20)11-8-17-6-5-12(11)18-14-10-4-2-1-3-9(10)7-13(14)19/h1-6,8,13-14,19H,7H2,(H2,16,20)(H,17,18). The maximum Gasteiger partial charge on any atom is 0.252 e. The van der Waals surface area contributed by atoms with Crippen LogP contribution >= 0.6 is 0 Å². The van der Waals surface area contributed by atoms with Crippen LogP contribution in [0.5, 0.6) is 0 Å². The number of anilines is 1. The molecule has 0 saturated carbocycles. The van der Waals surface area contributed by atoms with E-state index in [-0.39, 0.29) is 6.04 Å². The minimum absolute atomic E-state index is 0.244. The van der Waals surface area contributed by atoms with Gasteiger partial charge in [0.05, 0.1) is 23.4 Å². The second-order valence-electron chi connectivity index (χ2n) is 4.88. The minimum atomic E-state index is -0.540. The molecule has 5 heteroatoms. The van der Waals surface area contributed by atoms with Crippen molar-refractivity contribution in [2.45, 2.75) is 18.6 Å². The molecule has 1 aromatic heterocycles. The number of aromatic nitrogens is 1. The molecule has 1 aromatic carbocycles. The molecule has 20 heavy (non-hydrogen) atoms. The number of hydrogen-bond acceptors (Lipinski definition) is 4. The molecule has 102 valence electrons. The third kappa shape index (κ3) is 2.12. The number of carbonyl (C=O) groups excluding carboxylic acids is 1. The highest BCUT2D eigenvalue weighted by Crippen LogP contribution is 2.34. The summed E-state index contributed by atoms with van der Waals surface area (Å²) >= 11 is 0. The van der Waals surface area contributed by atoms with Gasteiger partial charge in [-0.25, -0.2) is 0 Å². The summed E-state index contributed by atoms with van der Waals surface area (Å²) in [5.41, 5.74) is 8.42. The maximum absolute atomic E-state index is 11.4. The summed E-state index contributed by atoms with van der Waals surface area (Å²) in [6, 6.07) is 9.32. The number of nitrogens with two attached hydrogens (primary N) is 1. The Balaban J connectivity index is 1.94. The predicted molar refractivity (Wildman–Crippen MR) is 75.3 cm³/mol. The van der Waals surface area contributed by atoms with Crippen molar-refractivity contribution < 1.29 is 9.90 Å². The summed E-state index contributed by atoms with van der Waals surface area (Å²) in [6.45, 7) is 0. The lowest BCUT2D eigenvalue weighted by molar-refractivity contribution is 0.1000. The number of nitrogens with zero attached hydrogens (tertiary/aromatic N) is 1. The van der Waals surface area contributed by atoms with Gasteiger partial charge in [-0.1, -0.05) is 24.3 Å². The summed E-state index contributed by atoms with van der Waals surface area (Å²) in [7, 11) is 0. The molecule has 0 spiro atoms. The van der Waals surface area contributed by atoms with Crippen molar-refractivity contribution in [1.82, 2.24) is 4.98 Å². The van der Waals surface area contributed by atoms with Crippen molar-refractivity contribution in [2.75, 3.05) is 5.32 Å². The van der Waals surface area contributed by atoms with Crippen molar-refractivity contribution in [3.8, 4) is 0 Å². The molecule has 3 rings (SSSR count). The van der Waals surface area contributed by atoms with Crippen molar-refractivity contribution in [2.24, 2.45) is 5.73 Å². The van der Waals surface area contributed by atoms with Crippen LogP contribution in [0.3, 0.4) is 0 Å². The van der Waals surface area contributed by atoms with Crippen molar-refractivity contribution in [3.63, 3.8) is 0 Å². The van der Waals surface area contributed by atoms with Gasteiger partial charge in [0.1, 0.15) is 0 Å². The Morgan fingerprint density at radius 2 is 2.15 bits per heavy atom. The highest BCUT2D eigenvalue weighted by atomic mass is 16.3. The average Bonchev–Trinajstić information content (AvgIpc) is 2.76. The number of carbonyl (C=O) groups is 1. The molecular formula is C15H15N3O2. The smallest absolute Gasteiger partial charge is 0.252 e. The molecule has 1 aliphatic rings. The molecule has 2 unspecified atom stereocenters. The number of aliphatic hydroxyl groups excluding tert-OH is 1. The number of benzene rings is 1. The van der Waals surface area contributed by atoms with Gasteiger partial charge in [0.15, 0.2) is 0 Å². The molecule has 2 atom stereocenters. The number of rotatable bonds is 3. The van der Waals surface area contributed by atoms with Gasteiger partial charge >= 0.3 is 0 Å². The zero-order valence-electron chi connectivity index (χ0n) is 10.8. The van der Waals surface area contributed by atoms with E-state index in [1.54, 1.807) is 12.3 Å². The van der Waals surface area contributed by atoms with E-state index in [9.17, 15) is 9.90 Å². The highest BCUT2D eigenvalue weighted by Gasteiger charge is 2.31. The van der Waals surface area contributed by atoms with E-state index in [1.165, 1.54) is 6.20 Å². The van der Waals surface area contributed by atoms with Gasteiger partial charge in [-0.15, -0.1) is 0 Å². The third-order valence-electron chi connectivity index (χ3n) is 3.60. The SMILES string of the molecule is NC(=O)c1cnccc1NC1c2ccccc2CC1O. The van der Waals surface area contributed by atoms with Crippen LogP contribution in [0.4, 0.5) is 5.69 Å². The fourth-order valence-electron chi connectivity index (χ4n) is 2.63. The molecule has 2 aromatic rings. The van der Waals surface area contributed by atoms with Gasteiger partial charge in [0, 0.05) is 18.8 Å². The second kappa shape index (κ2) is 4.94. The Morgan fingerprint density at radius 1 is 1.35 bits per heavy atom. The predicted octanol–water partition coefficient (Wildman–Crippen LogP) is 1.25. The van der Waals surface area contributed by atoms with Crippen LogP contribution in [0.15, 0.2) is 42.7 Å². The zero-order valence-corrected chi connectivity index (χ0v) is 10.8. The fourth-order valence-corrected chi connectivity index (χ4v) is 2.63. The quantitative estimate of drug-likeness (QED) is 0.782. The first-order valence-corrected chi connectivity index (χ1v) is 6.43. The van der Waals surface area contributed by atoms with E-state index in [4.69, 9.17) is 5.73 Å². The lowest BCUT2D eigenvalue weighted by Gasteiger charge is -2.20. The first kappa shape index (κ1) is 12.6. The third-order valence-corrected chi connectivity index (χ3v) is 3.60. The fraction of sp³-hybridized carbons (Fsp3) is 0.200. The van der Waals surface area contributed by atoms with Gasteiger partial charge < -0.3 is 16.2 Å². The normalized spacial score (nSPS) is 20.4. The number of primary amides is 1. The number of aliphatic hydroxyl groups is 1. The Hall–Kier alpha value is -2.40. The van der Waals surface area contributed by atoms with Crippen molar-refractivity contribution >= 4 is 11.6 Å². The molecule has 1 amide bonds. The summed E-state index contributed by atoms with van der Waals surface area (Å²) in [4.78, 5) is 15.3. The monoisotopic (exact) mass is 269 g/mol. The van der Waals surface area contributed by atoms with E-state index < -0.39 is 12.0 Å². The Bertz CT molecular complexity index is 657. The number of pyridine rings is 1. The van der Waals surface area contributed by atoms with E-state index in [0.29, 0.717) is 17.7 Å². The lowest BCUT2D eigenvalue weighted by atomic mass is 10.1. The Labute approximate surface area is 116 Å². The van der Waals surface area contributed by atoms with Gasteiger partial charge in [-0.05, 0) is 17.2 Å². The van der Waals surface area contributed by atoms with Gasteiger partial charge in [0.2, 0.25) is 0 Å². The molecule has 4 N–H and O–H groups in total.